The van der Waals surface area contributed by atoms with Crippen molar-refractivity contribution in [3.05, 3.63) is 35.9 Å². The lowest BCUT2D eigenvalue weighted by Crippen LogP contribution is -2.48. The van der Waals surface area contributed by atoms with Crippen LogP contribution in [0.15, 0.2) is 30.3 Å². The molecule has 2 unspecified atom stereocenters. The van der Waals surface area contributed by atoms with Crippen LogP contribution < -0.4 is 0 Å². The van der Waals surface area contributed by atoms with Crippen molar-refractivity contribution in [2.45, 2.75) is 44.1 Å². The maximum atomic E-state index is 2.44. The first-order valence-electron chi connectivity index (χ1n) is 6.36. The molecule has 1 aromatic carbocycles. The van der Waals surface area contributed by atoms with Crippen LogP contribution in [0, 0.1) is 0 Å². The summed E-state index contributed by atoms with van der Waals surface area (Å²) in [7, 11) is 4.44. The third kappa shape index (κ3) is 2.01. The summed E-state index contributed by atoms with van der Waals surface area (Å²) in [6.45, 7) is 2.44. The van der Waals surface area contributed by atoms with E-state index in [1.54, 1.807) is 0 Å². The molecule has 1 aliphatic rings. The first kappa shape index (κ1) is 11.7. The van der Waals surface area contributed by atoms with Gasteiger partial charge in [0, 0.05) is 11.5 Å². The highest BCUT2D eigenvalue weighted by molar-refractivity contribution is 5.27. The maximum Gasteiger partial charge on any atom is 0.0183 e. The van der Waals surface area contributed by atoms with E-state index < -0.39 is 0 Å². The van der Waals surface area contributed by atoms with Gasteiger partial charge in [0.05, 0.1) is 0 Å². The van der Waals surface area contributed by atoms with E-state index in [9.17, 15) is 0 Å². The molecule has 0 aliphatic heterocycles. The van der Waals surface area contributed by atoms with E-state index in [1.807, 2.05) is 0 Å². The third-order valence-corrected chi connectivity index (χ3v) is 4.22. The molecule has 1 aromatic rings. The van der Waals surface area contributed by atoms with Gasteiger partial charge < -0.3 is 4.90 Å². The van der Waals surface area contributed by atoms with E-state index in [2.05, 4.69) is 56.3 Å². The average molecular weight is 217 g/mol. The first-order chi connectivity index (χ1) is 7.64. The molecule has 1 saturated carbocycles. The molecule has 1 fully saturated rings. The van der Waals surface area contributed by atoms with Crippen molar-refractivity contribution in [1.82, 2.24) is 4.90 Å². The molecule has 1 nitrogen and oxygen atoms in total. The fraction of sp³-hybridized carbons (Fsp3) is 0.600. The molecule has 0 heterocycles. The zero-order chi connectivity index (χ0) is 11.6. The van der Waals surface area contributed by atoms with Crippen LogP contribution >= 0.6 is 0 Å². The van der Waals surface area contributed by atoms with Crippen molar-refractivity contribution in [2.75, 3.05) is 14.1 Å². The van der Waals surface area contributed by atoms with Gasteiger partial charge in [0.15, 0.2) is 0 Å². The Balaban J connectivity index is 2.33. The van der Waals surface area contributed by atoms with Gasteiger partial charge in [0.1, 0.15) is 0 Å². The van der Waals surface area contributed by atoms with E-state index in [0.717, 1.165) is 0 Å². The minimum absolute atomic E-state index is 0.336. The zero-order valence-corrected chi connectivity index (χ0v) is 10.7. The van der Waals surface area contributed by atoms with Crippen LogP contribution in [0.1, 0.15) is 38.2 Å². The molecule has 2 atom stereocenters. The van der Waals surface area contributed by atoms with Crippen molar-refractivity contribution in [1.29, 1.82) is 0 Å². The van der Waals surface area contributed by atoms with Crippen molar-refractivity contribution in [2.24, 2.45) is 0 Å². The number of hydrogen-bond acceptors (Lipinski definition) is 1. The summed E-state index contributed by atoms with van der Waals surface area (Å²) in [6.07, 6.45) is 5.40. The van der Waals surface area contributed by atoms with Gasteiger partial charge in [0.2, 0.25) is 0 Å². The highest BCUT2D eigenvalue weighted by Crippen LogP contribution is 2.40. The second kappa shape index (κ2) is 4.58. The Labute approximate surface area is 99.5 Å². The summed E-state index contributed by atoms with van der Waals surface area (Å²) in [5.41, 5.74) is 1.84. The fourth-order valence-electron chi connectivity index (χ4n) is 3.30. The van der Waals surface area contributed by atoms with Gasteiger partial charge >= 0.3 is 0 Å². The molecule has 0 N–H and O–H groups in total. The van der Waals surface area contributed by atoms with Crippen LogP contribution in [-0.2, 0) is 5.41 Å². The topological polar surface area (TPSA) is 3.24 Å². The molecule has 0 spiro atoms. The van der Waals surface area contributed by atoms with Crippen LogP contribution in [0.4, 0.5) is 0 Å². The molecule has 0 amide bonds. The lowest BCUT2D eigenvalue weighted by atomic mass is 9.67. The van der Waals surface area contributed by atoms with Crippen LogP contribution in [0.3, 0.4) is 0 Å². The summed E-state index contributed by atoms with van der Waals surface area (Å²) in [4.78, 5) is 2.41. The Kier molecular flexibility index (Phi) is 3.34. The molecular weight excluding hydrogens is 194 g/mol. The standard InChI is InChI=1S/C15H23N/c1-15(13-9-5-4-6-10-13)12-8-7-11-14(15)16(2)3/h4-6,9-10,14H,7-8,11-12H2,1-3H3. The highest BCUT2D eigenvalue weighted by atomic mass is 15.1. The first-order valence-corrected chi connectivity index (χ1v) is 6.36. The predicted octanol–water partition coefficient (Wildman–Crippen LogP) is 3.45. The van der Waals surface area contributed by atoms with E-state index in [-0.39, 0.29) is 0 Å². The number of rotatable bonds is 2. The number of benzene rings is 1. The quantitative estimate of drug-likeness (QED) is 0.733. The molecule has 2 rings (SSSR count). The summed E-state index contributed by atoms with van der Waals surface area (Å²) in [5, 5.41) is 0. The lowest BCUT2D eigenvalue weighted by molar-refractivity contribution is 0.133. The largest absolute Gasteiger partial charge is 0.306 e. The SMILES string of the molecule is CN(C)C1CCCCC1(C)c1ccccc1. The Morgan fingerprint density at radius 2 is 1.81 bits per heavy atom. The van der Waals surface area contributed by atoms with Crippen LogP contribution in [-0.4, -0.2) is 25.0 Å². The maximum absolute atomic E-state index is 2.44. The van der Waals surface area contributed by atoms with Crippen molar-refractivity contribution >= 4 is 0 Å². The number of hydrogen-bond donors (Lipinski definition) is 0. The van der Waals surface area contributed by atoms with Gasteiger partial charge in [-0.15, -0.1) is 0 Å². The minimum atomic E-state index is 0.336. The number of likely N-dealkylation sites (N-methyl/N-ethyl adjacent to an activating group) is 1. The molecule has 0 aromatic heterocycles. The average Bonchev–Trinajstić information content (AvgIpc) is 2.30. The lowest BCUT2D eigenvalue weighted by Gasteiger charge is -2.45. The van der Waals surface area contributed by atoms with Gasteiger partial charge in [-0.3, -0.25) is 0 Å². The van der Waals surface area contributed by atoms with Crippen molar-refractivity contribution in [3.8, 4) is 0 Å². The Morgan fingerprint density at radius 1 is 1.12 bits per heavy atom. The molecule has 88 valence electrons. The van der Waals surface area contributed by atoms with Crippen LogP contribution in [0.25, 0.3) is 0 Å². The van der Waals surface area contributed by atoms with Crippen LogP contribution in [0.5, 0.6) is 0 Å². The normalized spacial score (nSPS) is 30.6. The Morgan fingerprint density at radius 3 is 2.44 bits per heavy atom. The smallest absolute Gasteiger partial charge is 0.0183 e. The Hall–Kier alpha value is -0.820. The van der Waals surface area contributed by atoms with E-state index in [1.165, 1.54) is 31.2 Å². The summed E-state index contributed by atoms with van der Waals surface area (Å²) in [5.74, 6) is 0. The highest BCUT2D eigenvalue weighted by Gasteiger charge is 2.38. The monoisotopic (exact) mass is 217 g/mol. The molecule has 0 radical (unpaired) electrons. The van der Waals surface area contributed by atoms with Gasteiger partial charge in [-0.25, -0.2) is 0 Å². The molecule has 0 saturated heterocycles. The van der Waals surface area contributed by atoms with E-state index in [4.69, 9.17) is 0 Å². The van der Waals surface area contributed by atoms with Crippen molar-refractivity contribution < 1.29 is 0 Å². The Bertz CT molecular complexity index is 331. The molecular formula is C15H23N. The fourth-order valence-corrected chi connectivity index (χ4v) is 3.30. The summed E-state index contributed by atoms with van der Waals surface area (Å²) >= 11 is 0. The molecule has 1 aliphatic carbocycles. The van der Waals surface area contributed by atoms with Gasteiger partial charge in [-0.1, -0.05) is 50.1 Å². The summed E-state index contributed by atoms with van der Waals surface area (Å²) in [6, 6.07) is 11.7. The third-order valence-electron chi connectivity index (χ3n) is 4.22. The minimum Gasteiger partial charge on any atom is -0.306 e. The molecule has 1 heteroatoms. The number of nitrogens with zero attached hydrogens (tertiary/aromatic N) is 1. The van der Waals surface area contributed by atoms with Gasteiger partial charge in [-0.2, -0.15) is 0 Å². The van der Waals surface area contributed by atoms with E-state index in [0.29, 0.717) is 11.5 Å². The zero-order valence-electron chi connectivity index (χ0n) is 10.7. The summed E-state index contributed by atoms with van der Waals surface area (Å²) < 4.78 is 0. The van der Waals surface area contributed by atoms with Gasteiger partial charge in [0.25, 0.3) is 0 Å². The predicted molar refractivity (Wildman–Crippen MR) is 69.7 cm³/mol. The van der Waals surface area contributed by atoms with Gasteiger partial charge in [-0.05, 0) is 32.5 Å². The van der Waals surface area contributed by atoms with Crippen molar-refractivity contribution in [3.63, 3.8) is 0 Å². The second-order valence-corrected chi connectivity index (χ2v) is 5.51. The molecule has 0 bridgehead atoms. The van der Waals surface area contributed by atoms with E-state index >= 15 is 0 Å². The molecule has 16 heavy (non-hydrogen) atoms. The van der Waals surface area contributed by atoms with Crippen LogP contribution in [0.2, 0.25) is 0 Å². The second-order valence-electron chi connectivity index (χ2n) is 5.51.